The summed E-state index contributed by atoms with van der Waals surface area (Å²) in [6, 6.07) is 24.0. The van der Waals surface area contributed by atoms with Gasteiger partial charge in [0.2, 0.25) is 0 Å². The van der Waals surface area contributed by atoms with Crippen LogP contribution in [0.15, 0.2) is 93.7 Å². The minimum Gasteiger partial charge on any atom is -0.268 e. The summed E-state index contributed by atoms with van der Waals surface area (Å²) in [5, 5.41) is 9.91. The van der Waals surface area contributed by atoms with E-state index >= 15 is 0 Å². The first kappa shape index (κ1) is 20.8. The van der Waals surface area contributed by atoms with E-state index < -0.39 is 9.84 Å². The monoisotopic (exact) mass is 447 g/mol. The Hall–Kier alpha value is -3.41. The van der Waals surface area contributed by atoms with Gasteiger partial charge in [0.15, 0.2) is 15.0 Å². The summed E-state index contributed by atoms with van der Waals surface area (Å²) in [5.41, 5.74) is 1.35. The first-order valence-electron chi connectivity index (χ1n) is 9.42. The Balaban J connectivity index is 1.71. The minimum absolute atomic E-state index is 0.0856. The Morgan fingerprint density at radius 1 is 0.935 bits per heavy atom. The van der Waals surface area contributed by atoms with Gasteiger partial charge in [-0.05, 0) is 48.5 Å². The van der Waals surface area contributed by atoms with Crippen molar-refractivity contribution in [2.24, 2.45) is 0 Å². The second kappa shape index (κ2) is 8.76. The molecular formula is C23H17N3O3S2. The predicted molar refractivity (Wildman–Crippen MR) is 121 cm³/mol. The molecule has 0 saturated carbocycles. The highest BCUT2D eigenvalue weighted by atomic mass is 32.2. The molecule has 0 aliphatic heterocycles. The number of sulfone groups is 1. The fraction of sp³-hybridized carbons (Fsp3) is 0.0870. The van der Waals surface area contributed by atoms with Crippen LogP contribution in [0.3, 0.4) is 0 Å². The van der Waals surface area contributed by atoms with Gasteiger partial charge in [-0.15, -0.1) is 0 Å². The first-order valence-corrected chi connectivity index (χ1v) is 12.1. The van der Waals surface area contributed by atoms with E-state index in [0.29, 0.717) is 27.3 Å². The molecule has 154 valence electrons. The number of hydrogen-bond donors (Lipinski definition) is 0. The lowest BCUT2D eigenvalue weighted by Crippen LogP contribution is -2.22. The molecule has 0 bridgehead atoms. The molecular weight excluding hydrogens is 430 g/mol. The molecule has 4 rings (SSSR count). The van der Waals surface area contributed by atoms with Gasteiger partial charge in [0.25, 0.3) is 5.56 Å². The SMILES string of the molecule is N#Cc1ccc(-n2c(SCCS(=O)(=O)c3ccccc3)nc3ccccc3c2=O)cc1. The van der Waals surface area contributed by atoms with Crippen molar-refractivity contribution in [3.63, 3.8) is 0 Å². The van der Waals surface area contributed by atoms with Crippen LogP contribution in [0.25, 0.3) is 16.6 Å². The van der Waals surface area contributed by atoms with E-state index in [1.165, 1.54) is 16.3 Å². The zero-order chi connectivity index (χ0) is 21.8. The highest BCUT2D eigenvalue weighted by Gasteiger charge is 2.17. The maximum Gasteiger partial charge on any atom is 0.266 e. The molecule has 31 heavy (non-hydrogen) atoms. The molecule has 4 aromatic rings. The van der Waals surface area contributed by atoms with Gasteiger partial charge >= 0.3 is 0 Å². The molecule has 1 aromatic heterocycles. The zero-order valence-corrected chi connectivity index (χ0v) is 17.9. The fourth-order valence-corrected chi connectivity index (χ4v) is 5.79. The summed E-state index contributed by atoms with van der Waals surface area (Å²) in [4.78, 5) is 18.1. The molecule has 6 nitrogen and oxygen atoms in total. The maximum atomic E-state index is 13.2. The largest absolute Gasteiger partial charge is 0.268 e. The molecule has 0 unspecified atom stereocenters. The molecule has 0 aliphatic carbocycles. The molecule has 0 aliphatic rings. The van der Waals surface area contributed by atoms with E-state index in [2.05, 4.69) is 11.1 Å². The number of rotatable bonds is 6. The Bertz CT molecular complexity index is 1440. The lowest BCUT2D eigenvalue weighted by molar-refractivity contribution is 0.597. The smallest absolute Gasteiger partial charge is 0.266 e. The molecule has 3 aromatic carbocycles. The summed E-state index contributed by atoms with van der Waals surface area (Å²) in [6.07, 6.45) is 0. The van der Waals surface area contributed by atoms with Crippen molar-refractivity contribution in [3.8, 4) is 11.8 Å². The van der Waals surface area contributed by atoms with Crippen LogP contribution in [-0.4, -0.2) is 29.5 Å². The number of thioether (sulfide) groups is 1. The Morgan fingerprint density at radius 2 is 1.61 bits per heavy atom. The van der Waals surface area contributed by atoms with Gasteiger partial charge in [-0.25, -0.2) is 13.4 Å². The van der Waals surface area contributed by atoms with E-state index in [4.69, 9.17) is 5.26 Å². The number of aromatic nitrogens is 2. The highest BCUT2D eigenvalue weighted by molar-refractivity contribution is 8.00. The topological polar surface area (TPSA) is 92.8 Å². The molecule has 0 amide bonds. The molecule has 0 spiro atoms. The zero-order valence-electron chi connectivity index (χ0n) is 16.3. The predicted octanol–water partition coefficient (Wildman–Crippen LogP) is 3.82. The normalized spacial score (nSPS) is 11.3. The van der Waals surface area contributed by atoms with Crippen molar-refractivity contribution in [2.75, 3.05) is 11.5 Å². The van der Waals surface area contributed by atoms with Gasteiger partial charge in [0, 0.05) is 5.75 Å². The third kappa shape index (κ3) is 4.38. The van der Waals surface area contributed by atoms with Crippen LogP contribution in [0, 0.1) is 11.3 Å². The van der Waals surface area contributed by atoms with Crippen LogP contribution >= 0.6 is 11.8 Å². The van der Waals surface area contributed by atoms with Crippen molar-refractivity contribution >= 4 is 32.5 Å². The number of fused-ring (bicyclic) bond motifs is 1. The van der Waals surface area contributed by atoms with Crippen LogP contribution in [0.4, 0.5) is 0 Å². The number of para-hydroxylation sites is 1. The lowest BCUT2D eigenvalue weighted by Gasteiger charge is -2.13. The maximum absolute atomic E-state index is 13.2. The fourth-order valence-electron chi connectivity index (χ4n) is 3.11. The molecule has 0 atom stereocenters. The third-order valence-corrected chi connectivity index (χ3v) is 7.62. The summed E-state index contributed by atoms with van der Waals surface area (Å²) in [7, 11) is -3.44. The third-order valence-electron chi connectivity index (χ3n) is 4.69. The van der Waals surface area contributed by atoms with E-state index in [1.54, 1.807) is 78.9 Å². The second-order valence-electron chi connectivity index (χ2n) is 6.69. The Labute approximate surface area is 183 Å². The van der Waals surface area contributed by atoms with Crippen molar-refractivity contribution in [1.82, 2.24) is 9.55 Å². The summed E-state index contributed by atoms with van der Waals surface area (Å²) in [6.45, 7) is 0. The Kier molecular flexibility index (Phi) is 5.89. The summed E-state index contributed by atoms with van der Waals surface area (Å²) in [5.74, 6) is 0.149. The average molecular weight is 448 g/mol. The van der Waals surface area contributed by atoms with Gasteiger partial charge in [-0.1, -0.05) is 42.1 Å². The first-order chi connectivity index (χ1) is 15.0. The van der Waals surface area contributed by atoms with Gasteiger partial charge in [-0.3, -0.25) is 9.36 Å². The molecule has 0 radical (unpaired) electrons. The molecule has 8 heteroatoms. The van der Waals surface area contributed by atoms with Crippen LogP contribution in [0.1, 0.15) is 5.56 Å². The van der Waals surface area contributed by atoms with Crippen molar-refractivity contribution in [2.45, 2.75) is 10.1 Å². The van der Waals surface area contributed by atoms with E-state index in [-0.39, 0.29) is 22.0 Å². The van der Waals surface area contributed by atoms with Crippen molar-refractivity contribution in [1.29, 1.82) is 5.26 Å². The van der Waals surface area contributed by atoms with E-state index in [0.717, 1.165) is 0 Å². The van der Waals surface area contributed by atoms with Crippen LogP contribution in [0.5, 0.6) is 0 Å². The lowest BCUT2D eigenvalue weighted by atomic mass is 10.2. The van der Waals surface area contributed by atoms with Crippen LogP contribution in [-0.2, 0) is 9.84 Å². The number of benzene rings is 3. The van der Waals surface area contributed by atoms with Gasteiger partial charge in [0.1, 0.15) is 0 Å². The van der Waals surface area contributed by atoms with Gasteiger partial charge in [0.05, 0.1) is 38.9 Å². The second-order valence-corrected chi connectivity index (χ2v) is 9.86. The Morgan fingerprint density at radius 3 is 2.32 bits per heavy atom. The van der Waals surface area contributed by atoms with Gasteiger partial charge < -0.3 is 0 Å². The van der Waals surface area contributed by atoms with Crippen molar-refractivity contribution < 1.29 is 8.42 Å². The number of nitrogens with zero attached hydrogens (tertiary/aromatic N) is 3. The molecule has 0 fully saturated rings. The minimum atomic E-state index is -3.44. The number of nitriles is 1. The van der Waals surface area contributed by atoms with Gasteiger partial charge in [-0.2, -0.15) is 5.26 Å². The molecule has 1 heterocycles. The van der Waals surface area contributed by atoms with E-state index in [9.17, 15) is 13.2 Å². The van der Waals surface area contributed by atoms with Crippen LogP contribution < -0.4 is 5.56 Å². The summed E-state index contributed by atoms with van der Waals surface area (Å²) >= 11 is 1.21. The highest BCUT2D eigenvalue weighted by Crippen LogP contribution is 2.23. The average Bonchev–Trinajstić information content (AvgIpc) is 2.80. The molecule has 0 saturated heterocycles. The van der Waals surface area contributed by atoms with E-state index in [1.807, 2.05) is 0 Å². The van der Waals surface area contributed by atoms with Crippen LogP contribution in [0.2, 0.25) is 0 Å². The summed E-state index contributed by atoms with van der Waals surface area (Å²) < 4.78 is 26.7. The molecule has 0 N–H and O–H groups in total. The standard InChI is InChI=1S/C23H17N3O3S2/c24-16-17-10-12-18(13-11-17)26-22(27)20-8-4-5-9-21(20)25-23(26)30-14-15-31(28,29)19-6-2-1-3-7-19/h1-13H,14-15H2. The quantitative estimate of drug-likeness (QED) is 0.329. The number of hydrogen-bond acceptors (Lipinski definition) is 6. The van der Waals surface area contributed by atoms with Crippen molar-refractivity contribution in [3.05, 3.63) is 94.8 Å².